The number of carbonyl (C=O) groups excluding carboxylic acids is 1. The molecule has 0 aliphatic rings. The Hall–Kier alpha value is -3.58. The van der Waals surface area contributed by atoms with E-state index in [1.54, 1.807) is 36.4 Å². The molecule has 0 spiro atoms. The molecule has 0 aliphatic heterocycles. The Morgan fingerprint density at radius 1 is 1.07 bits per heavy atom. The Balaban J connectivity index is 1.49. The molecule has 5 nitrogen and oxygen atoms in total. The minimum atomic E-state index is -0.359. The number of oxazole rings is 1. The fourth-order valence-electron chi connectivity index (χ4n) is 3.15. The van der Waals surface area contributed by atoms with Gasteiger partial charge in [0.15, 0.2) is 10.7 Å². The van der Waals surface area contributed by atoms with Crippen LogP contribution in [0.3, 0.4) is 0 Å². The van der Waals surface area contributed by atoms with Gasteiger partial charge in [-0.25, -0.2) is 9.37 Å². The summed E-state index contributed by atoms with van der Waals surface area (Å²) in [5.74, 6) is -0.310. The second-order valence-electron chi connectivity index (χ2n) is 6.94. The van der Waals surface area contributed by atoms with Gasteiger partial charge in [-0.05, 0) is 74.1 Å². The molecule has 4 aromatic rings. The summed E-state index contributed by atoms with van der Waals surface area (Å²) >= 11 is 5.27. The molecule has 3 aromatic carbocycles. The maximum atomic E-state index is 13.5. The molecule has 0 fully saturated rings. The predicted molar refractivity (Wildman–Crippen MR) is 119 cm³/mol. The van der Waals surface area contributed by atoms with Crippen LogP contribution in [0.2, 0.25) is 0 Å². The van der Waals surface area contributed by atoms with Gasteiger partial charge in [0.1, 0.15) is 11.3 Å². The largest absolute Gasteiger partial charge is 0.436 e. The summed E-state index contributed by atoms with van der Waals surface area (Å²) in [6.45, 7) is 3.85. The van der Waals surface area contributed by atoms with E-state index in [1.807, 2.05) is 26.0 Å². The standard InChI is InChI=1S/C23H18FN3O2S/c1-13-6-8-18(14(2)10-13)21(28)27-23(30)25-17-7-9-20-19(12-17)26-22(29-20)15-4-3-5-16(24)11-15/h3-12H,1-2H3,(H2,25,27,28,30). The average Bonchev–Trinajstić information content (AvgIpc) is 3.11. The lowest BCUT2D eigenvalue weighted by atomic mass is 10.1. The monoisotopic (exact) mass is 419 g/mol. The van der Waals surface area contributed by atoms with Crippen molar-refractivity contribution < 1.29 is 13.6 Å². The van der Waals surface area contributed by atoms with Gasteiger partial charge in [-0.15, -0.1) is 0 Å². The van der Waals surface area contributed by atoms with Crippen LogP contribution in [-0.4, -0.2) is 16.0 Å². The molecule has 0 bridgehead atoms. The highest BCUT2D eigenvalue weighted by Gasteiger charge is 2.13. The lowest BCUT2D eigenvalue weighted by Gasteiger charge is -2.11. The first kappa shape index (κ1) is 19.7. The summed E-state index contributed by atoms with van der Waals surface area (Å²) < 4.78 is 19.2. The zero-order valence-corrected chi connectivity index (χ0v) is 17.1. The first-order valence-electron chi connectivity index (χ1n) is 9.25. The Kier molecular flexibility index (Phi) is 5.29. The van der Waals surface area contributed by atoms with E-state index in [0.29, 0.717) is 33.8 Å². The molecule has 7 heteroatoms. The molecule has 0 radical (unpaired) electrons. The molecule has 0 saturated heterocycles. The van der Waals surface area contributed by atoms with E-state index < -0.39 is 0 Å². The third-order valence-electron chi connectivity index (χ3n) is 4.57. The van der Waals surface area contributed by atoms with Gasteiger partial charge in [-0.1, -0.05) is 23.8 Å². The molecule has 0 aliphatic carbocycles. The first-order valence-corrected chi connectivity index (χ1v) is 9.66. The fourth-order valence-corrected chi connectivity index (χ4v) is 3.36. The number of amides is 1. The summed E-state index contributed by atoms with van der Waals surface area (Å²) in [4.78, 5) is 16.9. The summed E-state index contributed by atoms with van der Waals surface area (Å²) in [6, 6.07) is 16.9. The van der Waals surface area contributed by atoms with Gasteiger partial charge in [-0.2, -0.15) is 0 Å². The number of thiocarbonyl (C=S) groups is 1. The van der Waals surface area contributed by atoms with Crippen molar-refractivity contribution >= 4 is 40.0 Å². The summed E-state index contributed by atoms with van der Waals surface area (Å²) in [5, 5.41) is 5.84. The number of hydrogen-bond acceptors (Lipinski definition) is 4. The Morgan fingerprint density at radius 3 is 2.67 bits per heavy atom. The van der Waals surface area contributed by atoms with E-state index in [-0.39, 0.29) is 16.8 Å². The summed E-state index contributed by atoms with van der Waals surface area (Å²) in [7, 11) is 0. The first-order chi connectivity index (χ1) is 14.4. The SMILES string of the molecule is Cc1ccc(C(=O)NC(=S)Nc2ccc3oc(-c4cccc(F)c4)nc3c2)c(C)c1. The molecular formula is C23H18FN3O2S. The van der Waals surface area contributed by atoms with Crippen LogP contribution in [0.25, 0.3) is 22.6 Å². The van der Waals surface area contributed by atoms with Gasteiger partial charge in [0.25, 0.3) is 5.91 Å². The lowest BCUT2D eigenvalue weighted by molar-refractivity contribution is 0.0977. The molecule has 1 amide bonds. The molecular weight excluding hydrogens is 401 g/mol. The number of nitrogens with zero attached hydrogens (tertiary/aromatic N) is 1. The van der Waals surface area contributed by atoms with Crippen molar-refractivity contribution in [2.75, 3.05) is 5.32 Å². The van der Waals surface area contributed by atoms with Crippen LogP contribution in [-0.2, 0) is 0 Å². The number of rotatable bonds is 3. The van der Waals surface area contributed by atoms with Crippen LogP contribution in [0.4, 0.5) is 10.1 Å². The third-order valence-corrected chi connectivity index (χ3v) is 4.77. The number of hydrogen-bond donors (Lipinski definition) is 2. The van der Waals surface area contributed by atoms with Crippen molar-refractivity contribution in [2.24, 2.45) is 0 Å². The number of carbonyl (C=O) groups is 1. The Bertz CT molecular complexity index is 1280. The smallest absolute Gasteiger partial charge is 0.257 e. The topological polar surface area (TPSA) is 67.2 Å². The normalized spacial score (nSPS) is 10.8. The van der Waals surface area contributed by atoms with Crippen molar-refractivity contribution in [3.05, 3.63) is 83.2 Å². The van der Waals surface area contributed by atoms with Gasteiger partial charge >= 0.3 is 0 Å². The fraction of sp³-hybridized carbons (Fsp3) is 0.0870. The highest BCUT2D eigenvalue weighted by molar-refractivity contribution is 7.80. The van der Waals surface area contributed by atoms with Gasteiger partial charge in [0, 0.05) is 16.8 Å². The molecule has 0 atom stereocenters. The summed E-state index contributed by atoms with van der Waals surface area (Å²) in [6.07, 6.45) is 0. The van der Waals surface area contributed by atoms with Crippen molar-refractivity contribution in [2.45, 2.75) is 13.8 Å². The van der Waals surface area contributed by atoms with E-state index in [1.165, 1.54) is 12.1 Å². The van der Waals surface area contributed by atoms with Gasteiger partial charge in [-0.3, -0.25) is 10.1 Å². The third kappa shape index (κ3) is 4.21. The number of fused-ring (bicyclic) bond motifs is 1. The number of aryl methyl sites for hydroxylation is 2. The van der Waals surface area contributed by atoms with Crippen LogP contribution >= 0.6 is 12.2 Å². The highest BCUT2D eigenvalue weighted by atomic mass is 32.1. The van der Waals surface area contributed by atoms with Crippen LogP contribution < -0.4 is 10.6 Å². The minimum Gasteiger partial charge on any atom is -0.436 e. The molecule has 2 N–H and O–H groups in total. The highest BCUT2D eigenvalue weighted by Crippen LogP contribution is 2.26. The molecule has 0 saturated carbocycles. The lowest BCUT2D eigenvalue weighted by Crippen LogP contribution is -2.34. The van der Waals surface area contributed by atoms with Gasteiger partial charge in [0.2, 0.25) is 5.89 Å². The van der Waals surface area contributed by atoms with Crippen LogP contribution in [0, 0.1) is 19.7 Å². The van der Waals surface area contributed by atoms with Gasteiger partial charge in [0.05, 0.1) is 0 Å². The number of aromatic nitrogens is 1. The van der Waals surface area contributed by atoms with Crippen LogP contribution in [0.5, 0.6) is 0 Å². The number of benzene rings is 3. The maximum absolute atomic E-state index is 13.5. The molecule has 150 valence electrons. The zero-order valence-electron chi connectivity index (χ0n) is 16.3. The zero-order chi connectivity index (χ0) is 21.3. The predicted octanol–water partition coefficient (Wildman–Crippen LogP) is 5.38. The van der Waals surface area contributed by atoms with Crippen molar-refractivity contribution in [3.8, 4) is 11.5 Å². The summed E-state index contributed by atoms with van der Waals surface area (Å²) in [5.41, 5.74) is 4.88. The van der Waals surface area contributed by atoms with E-state index in [9.17, 15) is 9.18 Å². The molecule has 1 heterocycles. The van der Waals surface area contributed by atoms with E-state index in [4.69, 9.17) is 16.6 Å². The number of anilines is 1. The van der Waals surface area contributed by atoms with Crippen molar-refractivity contribution in [1.82, 2.24) is 10.3 Å². The van der Waals surface area contributed by atoms with E-state index >= 15 is 0 Å². The average molecular weight is 419 g/mol. The number of nitrogens with one attached hydrogen (secondary N) is 2. The van der Waals surface area contributed by atoms with Crippen molar-refractivity contribution in [3.63, 3.8) is 0 Å². The molecule has 0 unspecified atom stereocenters. The number of halogens is 1. The molecule has 4 rings (SSSR count). The van der Waals surface area contributed by atoms with E-state index in [0.717, 1.165) is 11.1 Å². The van der Waals surface area contributed by atoms with E-state index in [2.05, 4.69) is 15.6 Å². The molecule has 1 aromatic heterocycles. The van der Waals surface area contributed by atoms with Crippen molar-refractivity contribution in [1.29, 1.82) is 0 Å². The maximum Gasteiger partial charge on any atom is 0.257 e. The van der Waals surface area contributed by atoms with Crippen LogP contribution in [0.1, 0.15) is 21.5 Å². The molecule has 30 heavy (non-hydrogen) atoms. The van der Waals surface area contributed by atoms with Gasteiger partial charge < -0.3 is 9.73 Å². The minimum absolute atomic E-state index is 0.174. The second-order valence-corrected chi connectivity index (χ2v) is 7.35. The Morgan fingerprint density at radius 2 is 1.90 bits per heavy atom. The Labute approximate surface area is 177 Å². The quantitative estimate of drug-likeness (QED) is 0.437. The second kappa shape index (κ2) is 8.04. The van der Waals surface area contributed by atoms with Crippen LogP contribution in [0.15, 0.2) is 65.1 Å².